The van der Waals surface area contributed by atoms with Crippen LogP contribution in [-0.2, 0) is 9.53 Å². The largest absolute Gasteiger partial charge is 0.458 e. The van der Waals surface area contributed by atoms with Gasteiger partial charge < -0.3 is 4.74 Å². The number of unbranched alkanes of at least 4 members (excludes halogenated alkanes) is 2. The highest BCUT2D eigenvalue weighted by molar-refractivity contribution is 5.91. The van der Waals surface area contributed by atoms with E-state index in [1.54, 1.807) is 0 Å². The van der Waals surface area contributed by atoms with E-state index in [4.69, 9.17) is 4.74 Å². The highest BCUT2D eigenvalue weighted by Crippen LogP contribution is 2.20. The van der Waals surface area contributed by atoms with Crippen molar-refractivity contribution in [2.75, 3.05) is 6.61 Å². The first-order valence-corrected chi connectivity index (χ1v) is 4.61. The average molecular weight is 168 g/mol. The molecule has 0 aromatic rings. The third-order valence-corrected chi connectivity index (χ3v) is 2.21. The zero-order valence-corrected chi connectivity index (χ0v) is 7.85. The Hall–Kier alpha value is -0.790. The Bertz CT molecular complexity index is 204. The maximum absolute atomic E-state index is 11.1. The van der Waals surface area contributed by atoms with Gasteiger partial charge in [0.05, 0.1) is 0 Å². The predicted molar refractivity (Wildman–Crippen MR) is 47.8 cm³/mol. The van der Waals surface area contributed by atoms with Crippen LogP contribution in [-0.4, -0.2) is 12.6 Å². The fourth-order valence-electron chi connectivity index (χ4n) is 1.39. The van der Waals surface area contributed by atoms with Crippen LogP contribution >= 0.6 is 0 Å². The number of carbonyl (C=O) groups excluding carboxylic acids is 1. The molecular weight excluding hydrogens is 152 g/mol. The smallest absolute Gasteiger partial charge is 0.334 e. The molecule has 1 heterocycles. The number of rotatable bonds is 4. The molecule has 0 aromatic heterocycles. The van der Waals surface area contributed by atoms with Gasteiger partial charge in [-0.25, -0.2) is 4.79 Å². The standard InChI is InChI=1S/C10H16O2/c1-3-4-5-6-9-8(2)7-12-10(9)11/h3-7H2,1-2H3. The molecular formula is C10H16O2. The van der Waals surface area contributed by atoms with Crippen molar-refractivity contribution in [3.8, 4) is 0 Å². The van der Waals surface area contributed by atoms with Gasteiger partial charge in [0.2, 0.25) is 0 Å². The van der Waals surface area contributed by atoms with Crippen LogP contribution in [0, 0.1) is 0 Å². The quantitative estimate of drug-likeness (QED) is 0.476. The van der Waals surface area contributed by atoms with Crippen molar-refractivity contribution in [2.45, 2.75) is 39.5 Å². The molecule has 2 nitrogen and oxygen atoms in total. The summed E-state index contributed by atoms with van der Waals surface area (Å²) in [4.78, 5) is 11.1. The number of carbonyl (C=O) groups is 1. The Morgan fingerprint density at radius 1 is 1.42 bits per heavy atom. The second kappa shape index (κ2) is 4.29. The summed E-state index contributed by atoms with van der Waals surface area (Å²) in [6.45, 7) is 4.65. The summed E-state index contributed by atoms with van der Waals surface area (Å²) in [6, 6.07) is 0. The molecule has 1 rings (SSSR count). The molecule has 0 saturated carbocycles. The van der Waals surface area contributed by atoms with Gasteiger partial charge in [-0.1, -0.05) is 19.8 Å². The van der Waals surface area contributed by atoms with Gasteiger partial charge >= 0.3 is 5.97 Å². The molecule has 12 heavy (non-hydrogen) atoms. The van der Waals surface area contributed by atoms with Crippen molar-refractivity contribution in [3.63, 3.8) is 0 Å². The summed E-state index contributed by atoms with van der Waals surface area (Å²) in [5.74, 6) is -0.0939. The molecule has 0 atom stereocenters. The lowest BCUT2D eigenvalue weighted by molar-refractivity contribution is -0.136. The fraction of sp³-hybridized carbons (Fsp3) is 0.700. The van der Waals surface area contributed by atoms with Crippen molar-refractivity contribution < 1.29 is 9.53 Å². The summed E-state index contributed by atoms with van der Waals surface area (Å²) >= 11 is 0. The monoisotopic (exact) mass is 168 g/mol. The maximum atomic E-state index is 11.1. The van der Waals surface area contributed by atoms with E-state index in [-0.39, 0.29) is 5.97 Å². The molecule has 1 aliphatic heterocycles. The van der Waals surface area contributed by atoms with E-state index in [0.29, 0.717) is 6.61 Å². The molecule has 0 amide bonds. The number of hydrogen-bond acceptors (Lipinski definition) is 2. The van der Waals surface area contributed by atoms with E-state index in [1.165, 1.54) is 12.8 Å². The first kappa shape index (κ1) is 9.30. The number of ether oxygens (including phenoxy) is 1. The summed E-state index contributed by atoms with van der Waals surface area (Å²) in [7, 11) is 0. The minimum absolute atomic E-state index is 0.0939. The van der Waals surface area contributed by atoms with Gasteiger partial charge in [0.1, 0.15) is 6.61 Å². The Morgan fingerprint density at radius 2 is 2.17 bits per heavy atom. The van der Waals surface area contributed by atoms with Gasteiger partial charge in [-0.05, 0) is 25.3 Å². The lowest BCUT2D eigenvalue weighted by atomic mass is 10.0. The van der Waals surface area contributed by atoms with E-state index in [0.717, 1.165) is 24.0 Å². The second-order valence-electron chi connectivity index (χ2n) is 3.29. The third-order valence-electron chi connectivity index (χ3n) is 2.21. The Labute approximate surface area is 73.6 Å². The van der Waals surface area contributed by atoms with Crippen molar-refractivity contribution >= 4 is 5.97 Å². The predicted octanol–water partition coefficient (Wildman–Crippen LogP) is 2.44. The molecule has 1 aliphatic rings. The molecule has 0 unspecified atom stereocenters. The van der Waals surface area contributed by atoms with Crippen LogP contribution in [0.25, 0.3) is 0 Å². The van der Waals surface area contributed by atoms with Gasteiger partial charge in [0.15, 0.2) is 0 Å². The first-order valence-electron chi connectivity index (χ1n) is 4.61. The van der Waals surface area contributed by atoms with Gasteiger partial charge in [-0.2, -0.15) is 0 Å². The molecule has 0 aliphatic carbocycles. The van der Waals surface area contributed by atoms with Crippen molar-refractivity contribution in [1.82, 2.24) is 0 Å². The van der Waals surface area contributed by atoms with E-state index >= 15 is 0 Å². The van der Waals surface area contributed by atoms with Crippen LogP contribution < -0.4 is 0 Å². The first-order chi connectivity index (χ1) is 5.75. The number of cyclic esters (lactones) is 1. The van der Waals surface area contributed by atoms with Gasteiger partial charge in [-0.3, -0.25) is 0 Å². The average Bonchev–Trinajstić information content (AvgIpc) is 2.35. The highest BCUT2D eigenvalue weighted by atomic mass is 16.5. The summed E-state index contributed by atoms with van der Waals surface area (Å²) < 4.78 is 4.90. The zero-order valence-electron chi connectivity index (χ0n) is 7.85. The van der Waals surface area contributed by atoms with E-state index in [1.807, 2.05) is 6.92 Å². The second-order valence-corrected chi connectivity index (χ2v) is 3.29. The van der Waals surface area contributed by atoms with Crippen LogP contribution in [0.3, 0.4) is 0 Å². The molecule has 0 fully saturated rings. The molecule has 0 radical (unpaired) electrons. The van der Waals surface area contributed by atoms with Gasteiger partial charge in [0.25, 0.3) is 0 Å². The van der Waals surface area contributed by atoms with Crippen LogP contribution in [0.2, 0.25) is 0 Å². The minimum Gasteiger partial charge on any atom is -0.458 e. The Balaban J connectivity index is 2.39. The molecule has 0 aromatic carbocycles. The lowest BCUT2D eigenvalue weighted by Gasteiger charge is -1.98. The van der Waals surface area contributed by atoms with E-state index in [9.17, 15) is 4.79 Å². The molecule has 0 saturated heterocycles. The maximum Gasteiger partial charge on any atom is 0.334 e. The van der Waals surface area contributed by atoms with Crippen LogP contribution in [0.5, 0.6) is 0 Å². The molecule has 0 bridgehead atoms. The normalized spacial score (nSPS) is 17.0. The van der Waals surface area contributed by atoms with Gasteiger partial charge in [0, 0.05) is 5.57 Å². The highest BCUT2D eigenvalue weighted by Gasteiger charge is 2.20. The number of hydrogen-bond donors (Lipinski definition) is 0. The fourth-order valence-corrected chi connectivity index (χ4v) is 1.39. The summed E-state index contributed by atoms with van der Waals surface area (Å²) in [6.07, 6.45) is 4.40. The lowest BCUT2D eigenvalue weighted by Crippen LogP contribution is -1.99. The zero-order chi connectivity index (χ0) is 8.97. The van der Waals surface area contributed by atoms with E-state index < -0.39 is 0 Å². The van der Waals surface area contributed by atoms with Crippen molar-refractivity contribution in [2.24, 2.45) is 0 Å². The molecule has 2 heteroatoms. The Morgan fingerprint density at radius 3 is 2.67 bits per heavy atom. The van der Waals surface area contributed by atoms with Crippen LogP contribution in [0.1, 0.15) is 39.5 Å². The summed E-state index contributed by atoms with van der Waals surface area (Å²) in [5, 5.41) is 0. The molecule has 68 valence electrons. The third kappa shape index (κ3) is 2.10. The van der Waals surface area contributed by atoms with Crippen LogP contribution in [0.15, 0.2) is 11.1 Å². The van der Waals surface area contributed by atoms with Crippen LogP contribution in [0.4, 0.5) is 0 Å². The molecule has 0 N–H and O–H groups in total. The minimum atomic E-state index is -0.0939. The topological polar surface area (TPSA) is 26.3 Å². The van der Waals surface area contributed by atoms with Crippen molar-refractivity contribution in [3.05, 3.63) is 11.1 Å². The SMILES string of the molecule is CCCCCC1=C(C)COC1=O. The van der Waals surface area contributed by atoms with Gasteiger partial charge in [-0.15, -0.1) is 0 Å². The van der Waals surface area contributed by atoms with E-state index in [2.05, 4.69) is 6.92 Å². The molecule has 0 spiro atoms. The Kier molecular flexibility index (Phi) is 3.32. The summed E-state index contributed by atoms with van der Waals surface area (Å²) in [5.41, 5.74) is 2.04. The van der Waals surface area contributed by atoms with Crippen molar-refractivity contribution in [1.29, 1.82) is 0 Å². The number of esters is 1.